The lowest BCUT2D eigenvalue weighted by Gasteiger charge is -2.10. The zero-order chi connectivity index (χ0) is 12.8. The van der Waals surface area contributed by atoms with E-state index in [1.807, 2.05) is 30.3 Å². The van der Waals surface area contributed by atoms with Crippen LogP contribution in [0.25, 0.3) is 10.8 Å². The van der Waals surface area contributed by atoms with Crippen molar-refractivity contribution in [2.75, 3.05) is 26.4 Å². The summed E-state index contributed by atoms with van der Waals surface area (Å²) in [6.07, 6.45) is 0. The number of benzene rings is 2. The molecule has 0 saturated carbocycles. The van der Waals surface area contributed by atoms with Crippen LogP contribution in [0.3, 0.4) is 0 Å². The van der Waals surface area contributed by atoms with Crippen LogP contribution in [0.4, 0.5) is 0 Å². The highest BCUT2D eigenvalue weighted by atomic mass is 16.5. The monoisotopic (exact) mass is 248 g/mol. The molecule has 2 aromatic rings. The molecule has 0 amide bonds. The molecule has 0 fully saturated rings. The largest absolute Gasteiger partial charge is 0.504 e. The van der Waals surface area contributed by atoms with Crippen LogP contribution in [-0.4, -0.2) is 36.6 Å². The minimum atomic E-state index is 0.00121. The lowest BCUT2D eigenvalue weighted by molar-refractivity contribution is 0.0700. The summed E-state index contributed by atoms with van der Waals surface area (Å²) in [6.45, 7) is 1.02. The molecule has 0 saturated heterocycles. The molecule has 2 rings (SSSR count). The summed E-state index contributed by atoms with van der Waals surface area (Å²) in [5.41, 5.74) is 0. The van der Waals surface area contributed by atoms with Gasteiger partial charge in [0.1, 0.15) is 6.61 Å². The Labute approximate surface area is 105 Å². The quantitative estimate of drug-likeness (QED) is 0.767. The van der Waals surface area contributed by atoms with Crippen LogP contribution < -0.4 is 4.74 Å². The van der Waals surface area contributed by atoms with Gasteiger partial charge in [-0.05, 0) is 11.5 Å². The molecule has 2 N–H and O–H groups in total. The van der Waals surface area contributed by atoms with Crippen LogP contribution in [0, 0.1) is 0 Å². The molecule has 18 heavy (non-hydrogen) atoms. The van der Waals surface area contributed by atoms with E-state index in [1.165, 1.54) is 0 Å². The topological polar surface area (TPSA) is 58.9 Å². The van der Waals surface area contributed by atoms with Crippen molar-refractivity contribution in [1.82, 2.24) is 0 Å². The molecule has 0 spiro atoms. The van der Waals surface area contributed by atoms with E-state index in [2.05, 4.69) is 0 Å². The van der Waals surface area contributed by atoms with Crippen molar-refractivity contribution in [2.24, 2.45) is 0 Å². The van der Waals surface area contributed by atoms with Gasteiger partial charge in [0, 0.05) is 5.39 Å². The van der Waals surface area contributed by atoms with Crippen LogP contribution in [-0.2, 0) is 4.74 Å². The number of phenols is 1. The predicted molar refractivity (Wildman–Crippen MR) is 69.0 cm³/mol. The summed E-state index contributed by atoms with van der Waals surface area (Å²) in [6, 6.07) is 11.2. The molecule has 0 aliphatic heterocycles. The number of aromatic hydroxyl groups is 1. The van der Waals surface area contributed by atoms with Gasteiger partial charge in [-0.2, -0.15) is 0 Å². The lowest BCUT2D eigenvalue weighted by atomic mass is 10.1. The SMILES string of the molecule is OCCOCCOc1ccc2ccccc2c1O. The van der Waals surface area contributed by atoms with E-state index in [1.54, 1.807) is 6.07 Å². The van der Waals surface area contributed by atoms with Crippen molar-refractivity contribution in [3.63, 3.8) is 0 Å². The maximum atomic E-state index is 10.0. The van der Waals surface area contributed by atoms with Crippen molar-refractivity contribution >= 4 is 10.8 Å². The van der Waals surface area contributed by atoms with Gasteiger partial charge in [-0.15, -0.1) is 0 Å². The van der Waals surface area contributed by atoms with Crippen LogP contribution >= 0.6 is 0 Å². The Bertz CT molecular complexity index is 510. The molecule has 0 atom stereocenters. The fraction of sp³-hybridized carbons (Fsp3) is 0.286. The number of ether oxygens (including phenoxy) is 2. The third-order valence-electron chi connectivity index (χ3n) is 2.58. The number of hydrogen-bond acceptors (Lipinski definition) is 4. The summed E-state index contributed by atoms with van der Waals surface area (Å²) >= 11 is 0. The first-order valence-corrected chi connectivity index (χ1v) is 5.85. The van der Waals surface area contributed by atoms with E-state index in [0.29, 0.717) is 25.6 Å². The second-order valence-corrected chi connectivity index (χ2v) is 3.82. The van der Waals surface area contributed by atoms with Gasteiger partial charge in [0.25, 0.3) is 0 Å². The van der Waals surface area contributed by atoms with Gasteiger partial charge in [0.05, 0.1) is 19.8 Å². The third kappa shape index (κ3) is 2.91. The molecular formula is C14H16O4. The van der Waals surface area contributed by atoms with Crippen LogP contribution in [0.1, 0.15) is 0 Å². The van der Waals surface area contributed by atoms with Gasteiger partial charge >= 0.3 is 0 Å². The predicted octanol–water partition coefficient (Wildman–Crippen LogP) is 1.93. The number of fused-ring (bicyclic) bond motifs is 1. The van der Waals surface area contributed by atoms with Crippen molar-refractivity contribution < 1.29 is 19.7 Å². The Morgan fingerprint density at radius 2 is 1.78 bits per heavy atom. The Kier molecular flexibility index (Phi) is 4.39. The van der Waals surface area contributed by atoms with Crippen molar-refractivity contribution in [1.29, 1.82) is 0 Å². The highest BCUT2D eigenvalue weighted by molar-refractivity contribution is 5.90. The second-order valence-electron chi connectivity index (χ2n) is 3.82. The molecule has 0 radical (unpaired) electrons. The molecule has 0 aliphatic rings. The van der Waals surface area contributed by atoms with Crippen molar-refractivity contribution in [3.05, 3.63) is 36.4 Å². The average Bonchev–Trinajstić information content (AvgIpc) is 2.41. The average molecular weight is 248 g/mol. The highest BCUT2D eigenvalue weighted by Crippen LogP contribution is 2.34. The zero-order valence-corrected chi connectivity index (χ0v) is 10.0. The van der Waals surface area contributed by atoms with Gasteiger partial charge in [-0.3, -0.25) is 0 Å². The van der Waals surface area contributed by atoms with Crippen molar-refractivity contribution in [3.8, 4) is 11.5 Å². The zero-order valence-electron chi connectivity index (χ0n) is 10.0. The Hall–Kier alpha value is -1.78. The summed E-state index contributed by atoms with van der Waals surface area (Å²) in [4.78, 5) is 0. The summed E-state index contributed by atoms with van der Waals surface area (Å²) < 4.78 is 10.5. The van der Waals surface area contributed by atoms with Gasteiger partial charge in [0.2, 0.25) is 0 Å². The normalized spacial score (nSPS) is 10.7. The molecule has 0 unspecified atom stereocenters. The minimum absolute atomic E-state index is 0.00121. The smallest absolute Gasteiger partial charge is 0.165 e. The molecule has 4 heteroatoms. The fourth-order valence-electron chi connectivity index (χ4n) is 1.73. The van der Waals surface area contributed by atoms with Gasteiger partial charge < -0.3 is 19.7 Å². The van der Waals surface area contributed by atoms with Gasteiger partial charge in [-0.25, -0.2) is 0 Å². The Morgan fingerprint density at radius 1 is 0.944 bits per heavy atom. The minimum Gasteiger partial charge on any atom is -0.504 e. The first-order valence-electron chi connectivity index (χ1n) is 5.85. The molecule has 2 aromatic carbocycles. The molecule has 0 bridgehead atoms. The number of aliphatic hydroxyl groups excluding tert-OH is 1. The summed E-state index contributed by atoms with van der Waals surface area (Å²) in [5.74, 6) is 0.594. The van der Waals surface area contributed by atoms with Gasteiger partial charge in [0.15, 0.2) is 11.5 Å². The molecule has 0 aliphatic carbocycles. The Morgan fingerprint density at radius 3 is 2.61 bits per heavy atom. The number of hydrogen-bond donors (Lipinski definition) is 2. The Balaban J connectivity index is 2.03. The number of rotatable bonds is 6. The first kappa shape index (κ1) is 12.7. The van der Waals surface area contributed by atoms with E-state index in [4.69, 9.17) is 14.6 Å². The molecule has 0 aromatic heterocycles. The van der Waals surface area contributed by atoms with E-state index in [0.717, 1.165) is 10.8 Å². The van der Waals surface area contributed by atoms with Crippen LogP contribution in [0.2, 0.25) is 0 Å². The van der Waals surface area contributed by atoms with E-state index in [-0.39, 0.29) is 12.4 Å². The van der Waals surface area contributed by atoms with E-state index < -0.39 is 0 Å². The highest BCUT2D eigenvalue weighted by Gasteiger charge is 2.06. The number of phenolic OH excluding ortho intramolecular Hbond substituents is 1. The van der Waals surface area contributed by atoms with Gasteiger partial charge in [-0.1, -0.05) is 30.3 Å². The second kappa shape index (κ2) is 6.23. The summed E-state index contributed by atoms with van der Waals surface area (Å²) in [5, 5.41) is 20.3. The fourth-order valence-corrected chi connectivity index (χ4v) is 1.73. The van der Waals surface area contributed by atoms with E-state index in [9.17, 15) is 5.11 Å². The van der Waals surface area contributed by atoms with Crippen LogP contribution in [0.15, 0.2) is 36.4 Å². The standard InChI is InChI=1S/C14H16O4/c15-7-8-17-9-10-18-13-6-5-11-3-1-2-4-12(11)14(13)16/h1-6,15-16H,7-10H2. The maximum Gasteiger partial charge on any atom is 0.165 e. The molecule has 0 heterocycles. The number of aliphatic hydroxyl groups is 1. The van der Waals surface area contributed by atoms with Crippen molar-refractivity contribution in [2.45, 2.75) is 0 Å². The first-order chi connectivity index (χ1) is 8.83. The maximum absolute atomic E-state index is 10.0. The van der Waals surface area contributed by atoms with Crippen LogP contribution in [0.5, 0.6) is 11.5 Å². The molecule has 96 valence electrons. The molecular weight excluding hydrogens is 232 g/mol. The lowest BCUT2D eigenvalue weighted by Crippen LogP contribution is -2.09. The summed E-state index contributed by atoms with van der Waals surface area (Å²) in [7, 11) is 0. The van der Waals surface area contributed by atoms with E-state index >= 15 is 0 Å². The third-order valence-corrected chi connectivity index (χ3v) is 2.58. The molecule has 4 nitrogen and oxygen atoms in total.